The van der Waals surface area contributed by atoms with Crippen LogP contribution in [0.3, 0.4) is 0 Å². The summed E-state index contributed by atoms with van der Waals surface area (Å²) in [5, 5.41) is 13.2. The van der Waals surface area contributed by atoms with Crippen LogP contribution in [0.2, 0.25) is 5.02 Å². The lowest BCUT2D eigenvalue weighted by molar-refractivity contribution is -0.141. The third-order valence-corrected chi connectivity index (χ3v) is 20.1. The van der Waals surface area contributed by atoms with Crippen LogP contribution >= 0.6 is 11.6 Å². The number of anilines is 4. The molecule has 4 aliphatic rings. The summed E-state index contributed by atoms with van der Waals surface area (Å²) < 4.78 is 197. The van der Waals surface area contributed by atoms with Gasteiger partial charge in [-0.1, -0.05) is 11.6 Å². The maximum Gasteiger partial charge on any atom is 0.433 e. The van der Waals surface area contributed by atoms with Gasteiger partial charge >= 0.3 is 24.5 Å². The minimum Gasteiger partial charge on any atom is -0.478 e. The molecule has 0 saturated carbocycles. The SMILES string of the molecule is CC(=O)c1ccc2nc(C(F)(F)F)cc(Cl)c2c1.Cc1cc([C@@H](C)N)c(F)cc1NS(C)(=O)=O.Cc1cc([C@@H](C)NC(=O)c2ccc3nc(C(F)(F)F)cc(N4CCC(N5CCCC5)CC4)c3c2)c(F)cc1NS(C)(=O)=O.O=C(O)c1ccc2nc(C(F)(F)F)cc(N3CCC(N4CCCC4)CC3)c2c1. The van der Waals surface area contributed by atoms with Crippen LogP contribution in [0.4, 0.5) is 71.0 Å². The van der Waals surface area contributed by atoms with Gasteiger partial charge in [0.2, 0.25) is 20.0 Å². The second-order valence-electron chi connectivity index (χ2n) is 26.6. The lowest BCUT2D eigenvalue weighted by Crippen LogP contribution is -2.44. The minimum absolute atomic E-state index is 0.0438. The number of amides is 1. The predicted molar refractivity (Wildman–Crippen MR) is 382 cm³/mol. The predicted octanol–water partition coefficient (Wildman–Crippen LogP) is 15.3. The Hall–Kier alpha value is -8.56. The molecule has 12 rings (SSSR count). The van der Waals surface area contributed by atoms with Gasteiger partial charge in [-0.25, -0.2) is 45.4 Å². The number of aromatic carboxylic acids is 1. The van der Waals surface area contributed by atoms with E-state index in [1.807, 2.05) is 9.80 Å². The van der Waals surface area contributed by atoms with Crippen molar-refractivity contribution in [2.24, 2.45) is 5.73 Å². The maximum absolute atomic E-state index is 14.9. The van der Waals surface area contributed by atoms with Gasteiger partial charge in [0.25, 0.3) is 5.91 Å². The molecule has 33 heteroatoms. The van der Waals surface area contributed by atoms with Gasteiger partial charge < -0.3 is 35.8 Å². The molecule has 3 aromatic heterocycles. The highest BCUT2D eigenvalue weighted by Crippen LogP contribution is 2.40. The second kappa shape index (κ2) is 32.7. The highest BCUT2D eigenvalue weighted by atomic mass is 35.5. The number of nitrogens with zero attached hydrogens (tertiary/aromatic N) is 7. The molecule has 0 spiro atoms. The number of ketones is 1. The van der Waals surface area contributed by atoms with E-state index in [1.54, 1.807) is 33.8 Å². The number of halogens is 12. The van der Waals surface area contributed by atoms with Crippen molar-refractivity contribution in [1.82, 2.24) is 30.1 Å². The number of piperidine rings is 2. The van der Waals surface area contributed by atoms with Crippen LogP contribution < -0.4 is 30.3 Å². The van der Waals surface area contributed by atoms with E-state index >= 15 is 0 Å². The Morgan fingerprint density at radius 3 is 1.29 bits per heavy atom. The molecule has 4 aliphatic heterocycles. The second-order valence-corrected chi connectivity index (χ2v) is 30.5. The van der Waals surface area contributed by atoms with E-state index in [9.17, 15) is 84.6 Å². The number of nitrogens with one attached hydrogen (secondary N) is 3. The zero-order valence-corrected chi connectivity index (χ0v) is 60.6. The number of fused-ring (bicyclic) bond motifs is 3. The smallest absolute Gasteiger partial charge is 0.433 e. The van der Waals surface area contributed by atoms with E-state index in [0.29, 0.717) is 88.0 Å². The number of carbonyl (C=O) groups excluding carboxylic acids is 2. The fraction of sp³-hybridized carbons (Fsp3) is 0.417. The van der Waals surface area contributed by atoms with Gasteiger partial charge in [-0.05, 0) is 220 Å². The Balaban J connectivity index is 0.000000176. The summed E-state index contributed by atoms with van der Waals surface area (Å²) in [6.45, 7) is 14.7. The first-order valence-corrected chi connectivity index (χ1v) is 37.7. The number of nitrogens with two attached hydrogens (primary N) is 1. The molecule has 7 heterocycles. The number of carboxylic acid groups (broad SMARTS) is 1. The molecule has 0 bridgehead atoms. The van der Waals surface area contributed by atoms with Crippen molar-refractivity contribution in [1.29, 1.82) is 0 Å². The van der Waals surface area contributed by atoms with Crippen LogP contribution in [0.5, 0.6) is 0 Å². The Kier molecular flexibility index (Phi) is 25.1. The number of benzene rings is 5. The summed E-state index contributed by atoms with van der Waals surface area (Å²) >= 11 is 5.79. The number of alkyl halides is 9. The molecule has 1 amide bonds. The van der Waals surface area contributed by atoms with E-state index in [0.717, 1.165) is 94.7 Å². The van der Waals surface area contributed by atoms with E-state index < -0.39 is 91.3 Å². The standard InChI is InChI=1S/C30H35F4N5O3S.C20H22F3N3O2.C12H7ClF3NO.C10H15FN2O2S/c1-18-14-22(24(31)16-26(18)37-43(3,41)42)19(2)35-29(40)20-6-7-25-23(15-20)27(17-28(36-25)30(32,33)34)39-12-8-21(9-13-39)38-10-4-5-11-38;21-20(22,23)18-12-17(15-11-13(19(27)28)3-4-16(15)24-18)26-9-5-14(6-10-26)25-7-1-2-8-25;1-6(18)7-2-3-10-8(4-7)9(13)5-11(17-10)12(14,15)16;1-6-4-8(7(2)12)9(11)5-10(6)13-16(3,14)15/h6-7,14-17,19,21,37H,4-5,8-13H2,1-3H3,(H,35,40);3-4,11-12,14H,1-2,5-10H2,(H,27,28);2-5H,1H3;4-5,7,13H,12H2,1-3H3/t19-;;;7-/m1..1/s1. The topological polar surface area (TPSA) is 253 Å². The van der Waals surface area contributed by atoms with Crippen molar-refractivity contribution in [2.45, 2.75) is 129 Å². The molecule has 0 radical (unpaired) electrons. The number of Topliss-reactive ketones (excluding diaryl/α,β-unsaturated/α-hetero) is 1. The minimum atomic E-state index is -4.63. The molecule has 566 valence electrons. The first-order chi connectivity index (χ1) is 49.0. The maximum atomic E-state index is 14.9. The molecule has 2 atom stereocenters. The van der Waals surface area contributed by atoms with Crippen molar-refractivity contribution < 1.29 is 84.6 Å². The molecule has 5 aromatic carbocycles. The normalized spacial score (nSPS) is 16.6. The van der Waals surface area contributed by atoms with E-state index in [2.05, 4.69) is 39.5 Å². The molecule has 19 nitrogen and oxygen atoms in total. The number of sulfonamides is 2. The Morgan fingerprint density at radius 2 is 0.895 bits per heavy atom. The number of aromatic nitrogens is 3. The molecular weight excluding hydrogens is 1460 g/mol. The average Bonchev–Trinajstić information content (AvgIpc) is 1.14. The average molecular weight is 1540 g/mol. The number of likely N-dealkylation sites (tertiary alicyclic amines) is 2. The number of hydrogen-bond donors (Lipinski definition) is 5. The zero-order valence-electron chi connectivity index (χ0n) is 58.2. The Morgan fingerprint density at radius 1 is 0.533 bits per heavy atom. The number of carbonyl (C=O) groups is 3. The number of carboxylic acids is 1. The lowest BCUT2D eigenvalue weighted by atomic mass is 10.0. The van der Waals surface area contributed by atoms with Gasteiger partial charge in [-0.15, -0.1) is 0 Å². The summed E-state index contributed by atoms with van der Waals surface area (Å²) in [6, 6.07) is 20.4. The van der Waals surface area contributed by atoms with Crippen LogP contribution in [-0.4, -0.2) is 141 Å². The summed E-state index contributed by atoms with van der Waals surface area (Å²) in [7, 11) is -7.01. The van der Waals surface area contributed by atoms with E-state index in [4.69, 9.17) is 17.3 Å². The molecule has 8 aromatic rings. The highest BCUT2D eigenvalue weighted by Gasteiger charge is 2.38. The monoisotopic (exact) mass is 1530 g/mol. The van der Waals surface area contributed by atoms with Crippen molar-refractivity contribution in [2.75, 3.05) is 84.1 Å². The van der Waals surface area contributed by atoms with Gasteiger partial charge in [-0.2, -0.15) is 39.5 Å². The zero-order chi connectivity index (χ0) is 77.0. The molecule has 105 heavy (non-hydrogen) atoms. The quantitative estimate of drug-likeness (QED) is 0.0501. The van der Waals surface area contributed by atoms with Crippen molar-refractivity contribution in [3.05, 3.63) is 170 Å². The van der Waals surface area contributed by atoms with Gasteiger partial charge in [0, 0.05) is 94.1 Å². The number of aryl methyl sites for hydroxylation is 2. The van der Waals surface area contributed by atoms with Crippen LogP contribution in [-0.2, 0) is 38.6 Å². The molecule has 6 N–H and O–H groups in total. The molecule has 4 fully saturated rings. The van der Waals surface area contributed by atoms with Crippen LogP contribution in [0.1, 0.15) is 155 Å². The third-order valence-electron chi connectivity index (χ3n) is 18.6. The molecule has 0 aliphatic carbocycles. The van der Waals surface area contributed by atoms with Crippen molar-refractivity contribution in [3.8, 4) is 0 Å². The van der Waals surface area contributed by atoms with Crippen LogP contribution in [0, 0.1) is 25.5 Å². The summed E-state index contributed by atoms with van der Waals surface area (Å²) in [6.07, 6.45) is -3.51. The Bertz CT molecular complexity index is 4790. The fourth-order valence-electron chi connectivity index (χ4n) is 13.3. The Labute approximate surface area is 604 Å². The van der Waals surface area contributed by atoms with Gasteiger partial charge in [-0.3, -0.25) is 19.0 Å². The van der Waals surface area contributed by atoms with Gasteiger partial charge in [0.15, 0.2) is 5.78 Å². The van der Waals surface area contributed by atoms with Crippen LogP contribution in [0.15, 0.2) is 97.1 Å². The fourth-order valence-corrected chi connectivity index (χ4v) is 14.8. The first-order valence-electron chi connectivity index (χ1n) is 33.6. The summed E-state index contributed by atoms with van der Waals surface area (Å²) in [5.74, 6) is -3.05. The van der Waals surface area contributed by atoms with Crippen molar-refractivity contribution in [3.63, 3.8) is 0 Å². The molecule has 4 saturated heterocycles. The lowest BCUT2D eigenvalue weighted by Gasteiger charge is -2.38. The summed E-state index contributed by atoms with van der Waals surface area (Å²) in [5.41, 5.74) is 6.41. The van der Waals surface area contributed by atoms with Gasteiger partial charge in [0.1, 0.15) is 28.7 Å². The third kappa shape index (κ3) is 20.7. The number of hydrogen-bond acceptors (Lipinski definition) is 15. The van der Waals surface area contributed by atoms with E-state index in [-0.39, 0.29) is 55.4 Å². The van der Waals surface area contributed by atoms with Gasteiger partial charge in [0.05, 0.1) is 57.1 Å². The first kappa shape index (κ1) is 80.5. The number of pyridine rings is 3. The van der Waals surface area contributed by atoms with Crippen molar-refractivity contribution >= 4 is 105 Å². The molecule has 0 unspecified atom stereocenters. The summed E-state index contributed by atoms with van der Waals surface area (Å²) in [4.78, 5) is 55.7. The highest BCUT2D eigenvalue weighted by molar-refractivity contribution is 7.92. The number of rotatable bonds is 14. The van der Waals surface area contributed by atoms with Crippen LogP contribution in [0.25, 0.3) is 32.7 Å². The van der Waals surface area contributed by atoms with E-state index in [1.165, 1.54) is 93.3 Å². The molecular formula is C72H79ClF11N11O8S2. The largest absolute Gasteiger partial charge is 0.478 e.